The van der Waals surface area contributed by atoms with Crippen molar-refractivity contribution in [3.63, 3.8) is 0 Å². The summed E-state index contributed by atoms with van der Waals surface area (Å²) in [7, 11) is 1.60. The number of halogens is 1. The normalized spacial score (nSPS) is 11.7. The Morgan fingerprint density at radius 1 is 1.18 bits per heavy atom. The number of rotatable bonds is 11. The molecule has 1 aromatic carbocycles. The molecule has 0 aliphatic carbocycles. The van der Waals surface area contributed by atoms with E-state index in [2.05, 4.69) is 12.6 Å². The summed E-state index contributed by atoms with van der Waals surface area (Å²) in [5, 5.41) is 0. The van der Waals surface area contributed by atoms with Gasteiger partial charge in [0.05, 0.1) is 13.0 Å². The van der Waals surface area contributed by atoms with Crippen molar-refractivity contribution in [2.24, 2.45) is 11.7 Å². The Balaban J connectivity index is -0.000000705. The van der Waals surface area contributed by atoms with Crippen LogP contribution in [0.3, 0.4) is 0 Å². The molecule has 2 amide bonds. The maximum absolute atomic E-state index is 14.2. The quantitative estimate of drug-likeness (QED) is 0.169. The number of carbonyl (C=O) groups is 3. The molecule has 1 rings (SSSR count). The first-order chi connectivity index (χ1) is 16.7. The van der Waals surface area contributed by atoms with E-state index >= 15 is 0 Å². The summed E-state index contributed by atoms with van der Waals surface area (Å²) < 4.78 is 19.0. The number of carbonyl (C=O) groups excluding carboxylic acids is 3. The minimum absolute atomic E-state index is 0. The van der Waals surface area contributed by atoms with E-state index in [4.69, 9.17) is 10.5 Å². The molecule has 0 bridgehead atoms. The zero-order valence-electron chi connectivity index (χ0n) is 24.5. The molecular weight excluding hydrogens is 709 g/mol. The largest absolute Gasteiger partial charge is 2.00 e. The third-order valence-corrected chi connectivity index (χ3v) is 5.27. The molecule has 0 radical (unpaired) electrons. The van der Waals surface area contributed by atoms with E-state index in [0.29, 0.717) is 18.9 Å². The second-order valence-electron chi connectivity index (χ2n) is 9.18. The van der Waals surface area contributed by atoms with E-state index in [1.165, 1.54) is 17.9 Å². The number of nitrogens with zero attached hydrogens (tertiary/aromatic N) is 1. The van der Waals surface area contributed by atoms with Crippen LogP contribution in [-0.4, -0.2) is 42.4 Å². The number of primary amides is 1. The van der Waals surface area contributed by atoms with Crippen LogP contribution in [0.2, 0.25) is 0 Å². The SMILES string of the molecule is C=C(C)/C=C(\C=C(/F)CCC(=O)OCC)c1c(C)[c-]ccc1C.CC(=O)N(C)C(CC(C)C)C(N)=O.[CH3-].[U+2]. The van der Waals surface area contributed by atoms with Gasteiger partial charge in [0.15, 0.2) is 0 Å². The first-order valence-electron chi connectivity index (χ1n) is 12.1. The van der Waals surface area contributed by atoms with Crippen LogP contribution in [0.25, 0.3) is 5.57 Å². The zero-order chi connectivity index (χ0) is 28.0. The van der Waals surface area contributed by atoms with Gasteiger partial charge in [-0.3, -0.25) is 14.4 Å². The van der Waals surface area contributed by atoms with Crippen molar-refractivity contribution in [1.29, 1.82) is 0 Å². The van der Waals surface area contributed by atoms with Gasteiger partial charge in [0.2, 0.25) is 11.8 Å². The first-order valence-corrected chi connectivity index (χ1v) is 12.1. The molecule has 1 unspecified atom stereocenters. The van der Waals surface area contributed by atoms with Crippen LogP contribution in [0.5, 0.6) is 0 Å². The van der Waals surface area contributed by atoms with Gasteiger partial charge < -0.3 is 22.8 Å². The fourth-order valence-electron chi connectivity index (χ4n) is 3.47. The molecular formula is C30H45FN2O4U. The topological polar surface area (TPSA) is 89.7 Å². The molecule has 0 aliphatic rings. The summed E-state index contributed by atoms with van der Waals surface area (Å²) in [5.74, 6) is -0.967. The van der Waals surface area contributed by atoms with Gasteiger partial charge in [-0.25, -0.2) is 4.39 Å². The molecule has 0 aliphatic heterocycles. The predicted octanol–water partition coefficient (Wildman–Crippen LogP) is 6.07. The van der Waals surface area contributed by atoms with E-state index in [-0.39, 0.29) is 69.1 Å². The molecule has 1 aromatic rings. The molecule has 8 heteroatoms. The van der Waals surface area contributed by atoms with Gasteiger partial charge >= 0.3 is 37.1 Å². The van der Waals surface area contributed by atoms with Crippen LogP contribution in [-0.2, 0) is 19.1 Å². The van der Waals surface area contributed by atoms with Gasteiger partial charge in [0, 0.05) is 20.4 Å². The Bertz CT molecular complexity index is 966. The summed E-state index contributed by atoms with van der Waals surface area (Å²) >= 11 is 0. The third kappa shape index (κ3) is 15.9. The summed E-state index contributed by atoms with van der Waals surface area (Å²) in [6, 6.07) is 6.46. The van der Waals surface area contributed by atoms with Crippen molar-refractivity contribution >= 4 is 23.4 Å². The van der Waals surface area contributed by atoms with Crippen molar-refractivity contribution < 1.29 is 54.6 Å². The van der Waals surface area contributed by atoms with Crippen molar-refractivity contribution in [3.8, 4) is 0 Å². The van der Waals surface area contributed by atoms with Gasteiger partial charge in [-0.1, -0.05) is 51.5 Å². The Hall–Kier alpha value is -2.17. The minimum Gasteiger partial charge on any atom is -0.466 e. The van der Waals surface area contributed by atoms with Crippen LogP contribution in [0.15, 0.2) is 42.3 Å². The monoisotopic (exact) mass is 754 g/mol. The number of allylic oxidation sites excluding steroid dienone is 5. The summed E-state index contributed by atoms with van der Waals surface area (Å²) in [4.78, 5) is 34.7. The van der Waals surface area contributed by atoms with Crippen LogP contribution < -0.4 is 5.73 Å². The van der Waals surface area contributed by atoms with Gasteiger partial charge in [-0.15, -0.1) is 5.56 Å². The maximum atomic E-state index is 14.2. The second-order valence-corrected chi connectivity index (χ2v) is 9.18. The van der Waals surface area contributed by atoms with Gasteiger partial charge in [-0.05, 0) is 32.3 Å². The summed E-state index contributed by atoms with van der Waals surface area (Å²) in [6.07, 6.45) is 3.99. The number of benzene rings is 1. The molecule has 0 saturated heterocycles. The van der Waals surface area contributed by atoms with Crippen LogP contribution in [0, 0.1) is 64.4 Å². The van der Waals surface area contributed by atoms with Crippen molar-refractivity contribution in [1.82, 2.24) is 4.90 Å². The second kappa shape index (κ2) is 20.8. The average Bonchev–Trinajstić information content (AvgIpc) is 2.75. The summed E-state index contributed by atoms with van der Waals surface area (Å²) in [5.41, 5.74) is 9.70. The number of esters is 1. The van der Waals surface area contributed by atoms with E-state index in [0.717, 1.165) is 27.8 Å². The molecule has 0 saturated carbocycles. The van der Waals surface area contributed by atoms with E-state index in [9.17, 15) is 18.8 Å². The molecule has 0 spiro atoms. The number of aryl methyl sites for hydroxylation is 2. The zero-order valence-corrected chi connectivity index (χ0v) is 28.7. The van der Waals surface area contributed by atoms with E-state index in [1.54, 1.807) is 14.0 Å². The minimum atomic E-state index is -0.475. The number of hydrogen-bond donors (Lipinski definition) is 1. The van der Waals surface area contributed by atoms with Crippen LogP contribution >= 0.6 is 0 Å². The standard InChI is InChI=1S/C20H24FO2.C9H18N2O2.CH3.U/c1-6-23-19(22)11-10-18(21)13-17(12-14(2)3)20-15(4)8-7-9-16(20)5;1-6(2)5-8(9(10)13)11(4)7(3)12;;/h7-8,12-13H,2,6,10-11H2,1,3-5H3;6,8H,5H2,1-4H3,(H2,10,13);1H3;/q-1;;-1;+2/b17-12+,18-13-;;;. The smallest absolute Gasteiger partial charge is 0.466 e. The van der Waals surface area contributed by atoms with Crippen molar-refractivity contribution in [2.75, 3.05) is 13.7 Å². The molecule has 38 heavy (non-hydrogen) atoms. The number of hydrogen-bond acceptors (Lipinski definition) is 4. The number of amides is 2. The molecule has 0 aromatic heterocycles. The van der Waals surface area contributed by atoms with E-state index in [1.807, 2.05) is 52.8 Å². The maximum Gasteiger partial charge on any atom is 2.00 e. The number of nitrogens with two attached hydrogens (primary N) is 1. The van der Waals surface area contributed by atoms with Crippen molar-refractivity contribution in [3.05, 3.63) is 72.4 Å². The summed E-state index contributed by atoms with van der Waals surface area (Å²) in [6.45, 7) is 17.1. The van der Waals surface area contributed by atoms with Gasteiger partial charge in [0.1, 0.15) is 11.9 Å². The Kier molecular flexibility index (Phi) is 22.0. The molecule has 2 N–H and O–H groups in total. The molecule has 0 fully saturated rings. The van der Waals surface area contributed by atoms with Gasteiger partial charge in [-0.2, -0.15) is 29.3 Å². The third-order valence-electron chi connectivity index (χ3n) is 5.27. The average molecular weight is 755 g/mol. The molecule has 210 valence electrons. The number of ether oxygens (including phenoxy) is 1. The fraction of sp³-hybridized carbons (Fsp3) is 0.467. The predicted molar refractivity (Wildman–Crippen MR) is 150 cm³/mol. The van der Waals surface area contributed by atoms with Crippen molar-refractivity contribution in [2.45, 2.75) is 73.8 Å². The molecule has 6 nitrogen and oxygen atoms in total. The molecule has 1 atom stereocenters. The molecule has 0 heterocycles. The van der Waals surface area contributed by atoms with Crippen LogP contribution in [0.4, 0.5) is 4.39 Å². The first kappa shape index (κ1) is 40.3. The fourth-order valence-corrected chi connectivity index (χ4v) is 3.47. The van der Waals surface area contributed by atoms with E-state index < -0.39 is 11.9 Å². The Morgan fingerprint density at radius 2 is 1.76 bits per heavy atom. The Labute approximate surface area is 253 Å². The van der Waals surface area contributed by atoms with Crippen LogP contribution in [0.1, 0.15) is 70.6 Å². The number of likely N-dealkylation sites (N-methyl/N-ethyl adjacent to an activating group) is 1. The van der Waals surface area contributed by atoms with Gasteiger partial charge in [0.25, 0.3) is 0 Å². The Morgan fingerprint density at radius 3 is 2.18 bits per heavy atom.